The van der Waals surface area contributed by atoms with Gasteiger partial charge in [0.05, 0.1) is 27.1 Å². The Bertz CT molecular complexity index is 1140. The van der Waals surface area contributed by atoms with E-state index in [0.717, 1.165) is 34.1 Å². The van der Waals surface area contributed by atoms with Gasteiger partial charge in [-0.2, -0.15) is 0 Å². The van der Waals surface area contributed by atoms with E-state index in [4.69, 9.17) is 18.6 Å². The topological polar surface area (TPSA) is 69.9 Å². The van der Waals surface area contributed by atoms with Gasteiger partial charge in [0.1, 0.15) is 11.3 Å². The van der Waals surface area contributed by atoms with Gasteiger partial charge in [-0.15, -0.1) is 0 Å². The van der Waals surface area contributed by atoms with E-state index in [0.29, 0.717) is 41.9 Å². The molecule has 0 radical (unpaired) electrons. The van der Waals surface area contributed by atoms with Crippen LogP contribution < -0.4 is 19.5 Å². The fraction of sp³-hybridized carbons (Fsp3) is 0.370. The molecule has 3 aromatic rings. The molecule has 33 heavy (non-hydrogen) atoms. The first-order chi connectivity index (χ1) is 15.9. The summed E-state index contributed by atoms with van der Waals surface area (Å²) in [5.41, 5.74) is 4.24. The number of carbonyl (C=O) groups excluding carboxylic acids is 1. The quantitative estimate of drug-likeness (QED) is 0.378. The van der Waals surface area contributed by atoms with E-state index in [9.17, 15) is 4.79 Å². The number of hydrogen-bond acceptors (Lipinski definition) is 5. The molecule has 3 rings (SSSR count). The number of ether oxygens (including phenoxy) is 3. The normalized spacial score (nSPS) is 11.7. The smallest absolute Gasteiger partial charge is 0.244 e. The maximum Gasteiger partial charge on any atom is 0.244 e. The first-order valence-electron chi connectivity index (χ1n) is 11.2. The number of fused-ring (bicyclic) bond motifs is 1. The summed E-state index contributed by atoms with van der Waals surface area (Å²) in [7, 11) is 3.22. The van der Waals surface area contributed by atoms with Crippen LogP contribution in [0.4, 0.5) is 0 Å². The molecule has 1 amide bonds. The lowest BCUT2D eigenvalue weighted by atomic mass is 9.99. The highest BCUT2D eigenvalue weighted by Crippen LogP contribution is 2.40. The van der Waals surface area contributed by atoms with Crippen molar-refractivity contribution in [2.24, 2.45) is 5.92 Å². The lowest BCUT2D eigenvalue weighted by Crippen LogP contribution is -2.23. The van der Waals surface area contributed by atoms with Crippen LogP contribution in [0.15, 0.2) is 47.1 Å². The van der Waals surface area contributed by atoms with Gasteiger partial charge in [0.2, 0.25) is 5.91 Å². The fourth-order valence-corrected chi connectivity index (χ4v) is 3.67. The maximum atomic E-state index is 12.4. The highest BCUT2D eigenvalue weighted by Gasteiger charge is 2.16. The molecule has 6 nitrogen and oxygen atoms in total. The Hall–Kier alpha value is -3.41. The SMILES string of the molecule is CCOc1cc2occ(-c3ccc(OC)c(OC)c3)c2cc1/C(C)=C/C(=O)NCCC(C)C. The zero-order valence-corrected chi connectivity index (χ0v) is 20.3. The number of methoxy groups -OCH3 is 2. The number of furan rings is 1. The third-order valence-electron chi connectivity index (χ3n) is 5.46. The first-order valence-corrected chi connectivity index (χ1v) is 11.2. The van der Waals surface area contributed by atoms with Crippen LogP contribution in [0.3, 0.4) is 0 Å². The second kappa shape index (κ2) is 10.9. The molecule has 0 aliphatic heterocycles. The Morgan fingerprint density at radius 2 is 1.85 bits per heavy atom. The van der Waals surface area contributed by atoms with E-state index in [1.54, 1.807) is 26.6 Å². The van der Waals surface area contributed by atoms with Crippen LogP contribution in [0.25, 0.3) is 27.7 Å². The zero-order chi connectivity index (χ0) is 24.0. The summed E-state index contributed by atoms with van der Waals surface area (Å²) in [6.07, 6.45) is 4.29. The predicted molar refractivity (Wildman–Crippen MR) is 132 cm³/mol. The van der Waals surface area contributed by atoms with Crippen LogP contribution in [-0.2, 0) is 4.79 Å². The molecule has 1 heterocycles. The molecular formula is C27H33NO5. The van der Waals surface area contributed by atoms with Gasteiger partial charge in [-0.25, -0.2) is 0 Å². The summed E-state index contributed by atoms with van der Waals surface area (Å²) in [5.74, 6) is 2.42. The molecule has 0 fully saturated rings. The Kier molecular flexibility index (Phi) is 8.04. The third kappa shape index (κ3) is 5.69. The second-order valence-electron chi connectivity index (χ2n) is 8.30. The minimum Gasteiger partial charge on any atom is -0.493 e. The zero-order valence-electron chi connectivity index (χ0n) is 20.3. The van der Waals surface area contributed by atoms with Crippen molar-refractivity contribution >= 4 is 22.4 Å². The Morgan fingerprint density at radius 3 is 2.52 bits per heavy atom. The van der Waals surface area contributed by atoms with Crippen molar-refractivity contribution in [2.45, 2.75) is 34.1 Å². The molecule has 1 N–H and O–H groups in total. The lowest BCUT2D eigenvalue weighted by molar-refractivity contribution is -0.116. The molecule has 176 valence electrons. The van der Waals surface area contributed by atoms with E-state index in [-0.39, 0.29) is 5.91 Å². The molecular weight excluding hydrogens is 418 g/mol. The Labute approximate surface area is 195 Å². The van der Waals surface area contributed by atoms with Crippen LogP contribution in [0, 0.1) is 5.92 Å². The molecule has 0 saturated carbocycles. The lowest BCUT2D eigenvalue weighted by Gasteiger charge is -2.12. The van der Waals surface area contributed by atoms with Gasteiger partial charge >= 0.3 is 0 Å². The van der Waals surface area contributed by atoms with Crippen LogP contribution in [0.1, 0.15) is 39.7 Å². The number of rotatable bonds is 10. The summed E-state index contributed by atoms with van der Waals surface area (Å²) >= 11 is 0. The summed E-state index contributed by atoms with van der Waals surface area (Å²) in [5, 5.41) is 3.88. The Balaban J connectivity index is 2.02. The minimum absolute atomic E-state index is 0.108. The Morgan fingerprint density at radius 1 is 1.09 bits per heavy atom. The van der Waals surface area contributed by atoms with E-state index >= 15 is 0 Å². The number of benzene rings is 2. The van der Waals surface area contributed by atoms with Crippen molar-refractivity contribution in [2.75, 3.05) is 27.4 Å². The van der Waals surface area contributed by atoms with Gasteiger partial charge in [-0.05, 0) is 55.5 Å². The first kappa shape index (κ1) is 24.2. The van der Waals surface area contributed by atoms with Gasteiger partial charge in [-0.3, -0.25) is 4.79 Å². The van der Waals surface area contributed by atoms with E-state index < -0.39 is 0 Å². The van der Waals surface area contributed by atoms with Crippen molar-refractivity contribution in [3.05, 3.63) is 48.2 Å². The monoisotopic (exact) mass is 451 g/mol. The van der Waals surface area contributed by atoms with Crippen LogP contribution in [0.5, 0.6) is 17.2 Å². The molecule has 0 unspecified atom stereocenters. The van der Waals surface area contributed by atoms with E-state index in [1.165, 1.54) is 0 Å². The van der Waals surface area contributed by atoms with Gasteiger partial charge in [0, 0.05) is 35.2 Å². The van der Waals surface area contributed by atoms with Gasteiger partial charge in [-0.1, -0.05) is 19.9 Å². The predicted octanol–water partition coefficient (Wildman–Crippen LogP) is 6.08. The van der Waals surface area contributed by atoms with Crippen molar-refractivity contribution in [3.63, 3.8) is 0 Å². The fourth-order valence-electron chi connectivity index (χ4n) is 3.67. The molecule has 0 bridgehead atoms. The van der Waals surface area contributed by atoms with Crippen molar-refractivity contribution < 1.29 is 23.4 Å². The number of allylic oxidation sites excluding steroid dienone is 1. The molecule has 0 saturated heterocycles. The van der Waals surface area contributed by atoms with E-state index in [1.807, 2.05) is 44.2 Å². The standard InChI is InChI=1S/C27H33NO5/c1-7-32-24-15-25-21(14-20(24)18(4)12-27(29)28-11-10-17(2)3)22(16-33-25)19-8-9-23(30-5)26(13-19)31-6/h8-9,12-17H,7,10-11H2,1-6H3,(H,28,29)/b18-12+. The third-order valence-corrected chi connectivity index (χ3v) is 5.46. The molecule has 0 spiro atoms. The van der Waals surface area contributed by atoms with Crippen LogP contribution in [0.2, 0.25) is 0 Å². The average Bonchev–Trinajstić information content (AvgIpc) is 3.20. The molecule has 6 heteroatoms. The number of amides is 1. The largest absolute Gasteiger partial charge is 0.493 e. The summed E-state index contributed by atoms with van der Waals surface area (Å²) in [6.45, 7) is 9.29. The van der Waals surface area contributed by atoms with Crippen molar-refractivity contribution in [1.29, 1.82) is 0 Å². The molecule has 0 aliphatic carbocycles. The number of carbonyl (C=O) groups is 1. The second-order valence-corrected chi connectivity index (χ2v) is 8.30. The van der Waals surface area contributed by atoms with E-state index in [2.05, 4.69) is 19.2 Å². The highest BCUT2D eigenvalue weighted by atomic mass is 16.5. The molecule has 0 atom stereocenters. The maximum absolute atomic E-state index is 12.4. The van der Waals surface area contributed by atoms with Crippen molar-refractivity contribution in [1.82, 2.24) is 5.32 Å². The number of hydrogen-bond donors (Lipinski definition) is 1. The van der Waals surface area contributed by atoms with Gasteiger partial charge < -0.3 is 23.9 Å². The highest BCUT2D eigenvalue weighted by molar-refractivity contribution is 6.00. The summed E-state index contributed by atoms with van der Waals surface area (Å²) in [4.78, 5) is 12.4. The van der Waals surface area contributed by atoms with Gasteiger partial charge in [0.15, 0.2) is 11.5 Å². The molecule has 2 aromatic carbocycles. The average molecular weight is 452 g/mol. The van der Waals surface area contributed by atoms with Crippen LogP contribution in [-0.4, -0.2) is 33.3 Å². The van der Waals surface area contributed by atoms with Gasteiger partial charge in [0.25, 0.3) is 0 Å². The molecule has 1 aromatic heterocycles. The minimum atomic E-state index is -0.108. The van der Waals surface area contributed by atoms with Crippen LogP contribution >= 0.6 is 0 Å². The summed E-state index contributed by atoms with van der Waals surface area (Å²) < 4.78 is 22.6. The molecule has 0 aliphatic rings. The van der Waals surface area contributed by atoms with Crippen molar-refractivity contribution in [3.8, 4) is 28.4 Å². The summed E-state index contributed by atoms with van der Waals surface area (Å²) in [6, 6.07) is 9.65. The number of nitrogens with one attached hydrogen (secondary N) is 1.